The van der Waals surface area contributed by atoms with Gasteiger partial charge in [0.1, 0.15) is 6.04 Å². The lowest BCUT2D eigenvalue weighted by Gasteiger charge is -2.28. The quantitative estimate of drug-likeness (QED) is 0.905. The third-order valence-corrected chi connectivity index (χ3v) is 4.31. The number of benzene rings is 1. The SMILES string of the molecule is CC[C@@H](C(=O)O)N(c1ccc(C)c(Cl)c1)S(C)(=O)=O. The van der Waals surface area contributed by atoms with E-state index in [1.807, 2.05) is 0 Å². The molecule has 0 bridgehead atoms. The molecule has 0 unspecified atom stereocenters. The molecule has 1 aromatic carbocycles. The van der Waals surface area contributed by atoms with E-state index in [-0.39, 0.29) is 12.1 Å². The van der Waals surface area contributed by atoms with Gasteiger partial charge in [-0.1, -0.05) is 24.6 Å². The van der Waals surface area contributed by atoms with Crippen molar-refractivity contribution in [1.29, 1.82) is 0 Å². The monoisotopic (exact) mass is 305 g/mol. The highest BCUT2D eigenvalue weighted by atomic mass is 35.5. The number of carboxylic acids is 1. The van der Waals surface area contributed by atoms with E-state index in [2.05, 4.69) is 0 Å². The molecule has 0 spiro atoms. The van der Waals surface area contributed by atoms with Crippen LogP contribution in [-0.2, 0) is 14.8 Å². The largest absolute Gasteiger partial charge is 0.480 e. The molecular formula is C12H16ClNO4S. The molecule has 19 heavy (non-hydrogen) atoms. The molecule has 0 saturated heterocycles. The summed E-state index contributed by atoms with van der Waals surface area (Å²) in [6.07, 6.45) is 1.14. The van der Waals surface area contributed by atoms with Gasteiger partial charge in [-0.15, -0.1) is 0 Å². The van der Waals surface area contributed by atoms with Crippen molar-refractivity contribution in [2.45, 2.75) is 26.3 Å². The first kappa shape index (κ1) is 15.8. The second-order valence-electron chi connectivity index (χ2n) is 4.25. The summed E-state index contributed by atoms with van der Waals surface area (Å²) in [6, 6.07) is 3.52. The number of carbonyl (C=O) groups is 1. The van der Waals surface area contributed by atoms with E-state index in [1.165, 1.54) is 6.07 Å². The van der Waals surface area contributed by atoms with E-state index >= 15 is 0 Å². The summed E-state index contributed by atoms with van der Waals surface area (Å²) >= 11 is 5.97. The van der Waals surface area contributed by atoms with Crippen LogP contribution in [0.2, 0.25) is 5.02 Å². The lowest BCUT2D eigenvalue weighted by molar-refractivity contribution is -0.138. The van der Waals surface area contributed by atoms with Crippen LogP contribution in [0.25, 0.3) is 0 Å². The number of halogens is 1. The van der Waals surface area contributed by atoms with Crippen molar-refractivity contribution in [3.8, 4) is 0 Å². The molecular weight excluding hydrogens is 290 g/mol. The molecule has 0 heterocycles. The number of hydrogen-bond acceptors (Lipinski definition) is 3. The third-order valence-electron chi connectivity index (χ3n) is 2.72. The van der Waals surface area contributed by atoms with Crippen molar-refractivity contribution >= 4 is 33.3 Å². The van der Waals surface area contributed by atoms with Gasteiger partial charge >= 0.3 is 5.97 Å². The Hall–Kier alpha value is -1.27. The van der Waals surface area contributed by atoms with Crippen LogP contribution in [0.4, 0.5) is 5.69 Å². The number of anilines is 1. The Labute approximate surface area is 117 Å². The van der Waals surface area contributed by atoms with Gasteiger partial charge in [0.05, 0.1) is 11.9 Å². The van der Waals surface area contributed by atoms with Gasteiger partial charge in [0.2, 0.25) is 10.0 Å². The summed E-state index contributed by atoms with van der Waals surface area (Å²) in [4.78, 5) is 11.2. The molecule has 0 aromatic heterocycles. The zero-order valence-corrected chi connectivity index (χ0v) is 12.5. The fourth-order valence-corrected chi connectivity index (χ4v) is 3.13. The molecule has 0 amide bonds. The maximum atomic E-state index is 11.9. The van der Waals surface area contributed by atoms with Crippen molar-refractivity contribution < 1.29 is 18.3 Å². The molecule has 0 fully saturated rings. The number of aryl methyl sites for hydroxylation is 1. The van der Waals surface area contributed by atoms with Gasteiger partial charge < -0.3 is 5.11 Å². The van der Waals surface area contributed by atoms with Gasteiger partial charge in [0.25, 0.3) is 0 Å². The van der Waals surface area contributed by atoms with Gasteiger partial charge in [0, 0.05) is 5.02 Å². The highest BCUT2D eigenvalue weighted by Crippen LogP contribution is 2.27. The Morgan fingerprint density at radius 1 is 1.47 bits per heavy atom. The topological polar surface area (TPSA) is 74.7 Å². The van der Waals surface area contributed by atoms with Crippen molar-refractivity contribution in [1.82, 2.24) is 0 Å². The van der Waals surface area contributed by atoms with E-state index in [9.17, 15) is 13.2 Å². The summed E-state index contributed by atoms with van der Waals surface area (Å²) in [5.41, 5.74) is 1.05. The zero-order valence-electron chi connectivity index (χ0n) is 10.9. The van der Waals surface area contributed by atoms with Gasteiger partial charge in [-0.3, -0.25) is 4.31 Å². The summed E-state index contributed by atoms with van der Waals surface area (Å²) in [5, 5.41) is 9.55. The van der Waals surface area contributed by atoms with Gasteiger partial charge in [0.15, 0.2) is 0 Å². The molecule has 0 radical (unpaired) electrons. The lowest BCUT2D eigenvalue weighted by Crippen LogP contribution is -2.44. The smallest absolute Gasteiger partial charge is 0.327 e. The Balaban J connectivity index is 3.40. The summed E-state index contributed by atoms with van der Waals surface area (Å²) < 4.78 is 24.6. The summed E-state index contributed by atoms with van der Waals surface area (Å²) in [5.74, 6) is -1.19. The highest BCUT2D eigenvalue weighted by molar-refractivity contribution is 7.92. The highest BCUT2D eigenvalue weighted by Gasteiger charge is 2.31. The Morgan fingerprint density at radius 2 is 2.05 bits per heavy atom. The second kappa shape index (κ2) is 5.79. The molecule has 106 valence electrons. The molecule has 7 heteroatoms. The Morgan fingerprint density at radius 3 is 2.42 bits per heavy atom. The molecule has 1 aromatic rings. The minimum Gasteiger partial charge on any atom is -0.480 e. The molecule has 1 rings (SSSR count). The van der Waals surface area contributed by atoms with Gasteiger partial charge in [-0.2, -0.15) is 0 Å². The summed E-state index contributed by atoms with van der Waals surface area (Å²) in [7, 11) is -3.71. The van der Waals surface area contributed by atoms with E-state index < -0.39 is 22.0 Å². The number of rotatable bonds is 5. The summed E-state index contributed by atoms with van der Waals surface area (Å²) in [6.45, 7) is 3.40. The van der Waals surface area contributed by atoms with Crippen LogP contribution in [0.15, 0.2) is 18.2 Å². The Kier molecular flexibility index (Phi) is 4.81. The number of carboxylic acid groups (broad SMARTS) is 1. The van der Waals surface area contributed by atoms with Crippen LogP contribution in [0, 0.1) is 6.92 Å². The average molecular weight is 306 g/mol. The fraction of sp³-hybridized carbons (Fsp3) is 0.417. The van der Waals surface area contributed by atoms with Crippen LogP contribution < -0.4 is 4.31 Å². The van der Waals surface area contributed by atoms with Crippen LogP contribution in [0.1, 0.15) is 18.9 Å². The first-order valence-corrected chi connectivity index (χ1v) is 7.89. The predicted molar refractivity (Wildman–Crippen MR) is 75.2 cm³/mol. The molecule has 1 N–H and O–H groups in total. The maximum Gasteiger partial charge on any atom is 0.327 e. The number of nitrogens with zero attached hydrogens (tertiary/aromatic N) is 1. The second-order valence-corrected chi connectivity index (χ2v) is 6.52. The minimum absolute atomic E-state index is 0.161. The molecule has 0 aliphatic carbocycles. The molecule has 0 aliphatic heterocycles. The van der Waals surface area contributed by atoms with Crippen molar-refractivity contribution in [2.24, 2.45) is 0 Å². The molecule has 0 saturated carbocycles. The first-order valence-electron chi connectivity index (χ1n) is 5.66. The van der Waals surface area contributed by atoms with Crippen LogP contribution in [0.5, 0.6) is 0 Å². The number of sulfonamides is 1. The average Bonchev–Trinajstić information content (AvgIpc) is 2.27. The van der Waals surface area contributed by atoms with Crippen LogP contribution in [0.3, 0.4) is 0 Å². The molecule has 5 nitrogen and oxygen atoms in total. The Bertz CT molecular complexity index is 585. The first-order chi connectivity index (χ1) is 8.68. The van der Waals surface area contributed by atoms with Crippen molar-refractivity contribution in [2.75, 3.05) is 10.6 Å². The third kappa shape index (κ3) is 3.61. The predicted octanol–water partition coefficient (Wildman–Crippen LogP) is 2.28. The molecule has 0 aliphatic rings. The van der Waals surface area contributed by atoms with E-state index in [4.69, 9.17) is 16.7 Å². The lowest BCUT2D eigenvalue weighted by atomic mass is 10.2. The normalized spacial score (nSPS) is 13.1. The number of hydrogen-bond donors (Lipinski definition) is 1. The van der Waals surface area contributed by atoms with Crippen molar-refractivity contribution in [3.63, 3.8) is 0 Å². The van der Waals surface area contributed by atoms with E-state index in [0.717, 1.165) is 16.1 Å². The van der Waals surface area contributed by atoms with E-state index in [1.54, 1.807) is 26.0 Å². The van der Waals surface area contributed by atoms with Crippen molar-refractivity contribution in [3.05, 3.63) is 28.8 Å². The van der Waals surface area contributed by atoms with E-state index in [0.29, 0.717) is 5.02 Å². The van der Waals surface area contributed by atoms with Gasteiger partial charge in [-0.05, 0) is 31.0 Å². The van der Waals surface area contributed by atoms with Crippen LogP contribution in [-0.4, -0.2) is 31.8 Å². The number of aliphatic carboxylic acids is 1. The minimum atomic E-state index is -3.71. The fourth-order valence-electron chi connectivity index (χ4n) is 1.76. The standard InChI is InChI=1S/C12H16ClNO4S/c1-4-11(12(15)16)14(19(3,17)18)9-6-5-8(2)10(13)7-9/h5-7,11H,4H2,1-3H3,(H,15,16)/t11-/m0/s1. The maximum absolute atomic E-state index is 11.9. The van der Waals surface area contributed by atoms with Gasteiger partial charge in [-0.25, -0.2) is 13.2 Å². The zero-order chi connectivity index (χ0) is 14.8. The molecule has 1 atom stereocenters. The van der Waals surface area contributed by atoms with Crippen LogP contribution >= 0.6 is 11.6 Å².